The van der Waals surface area contributed by atoms with Crippen molar-refractivity contribution in [1.29, 1.82) is 0 Å². The van der Waals surface area contributed by atoms with Crippen molar-refractivity contribution in [3.63, 3.8) is 0 Å². The van der Waals surface area contributed by atoms with Crippen LogP contribution >= 0.6 is 0 Å². The molecule has 0 radical (unpaired) electrons. The molecule has 1 aliphatic carbocycles. The molecule has 0 N–H and O–H groups in total. The van der Waals surface area contributed by atoms with E-state index in [2.05, 4.69) is 0 Å². The van der Waals surface area contributed by atoms with Crippen molar-refractivity contribution in [1.82, 2.24) is 4.90 Å². The second-order valence-electron chi connectivity index (χ2n) is 6.40. The number of allylic oxidation sites excluding steroid dienone is 1. The van der Waals surface area contributed by atoms with Gasteiger partial charge in [0, 0.05) is 31.2 Å². The van der Waals surface area contributed by atoms with E-state index >= 15 is 0 Å². The number of hydrogen-bond acceptors (Lipinski definition) is 4. The maximum absolute atomic E-state index is 12.5. The standard InChI is InChI=1S/C18H17NO4/c20-12-6-14-15(7-12)17-9-13(21)8-16(14)19(17)18(22)23-10-11-4-2-1-3-5-11/h1-6,15-17H,7-10H2/t15-,16-,17+/m1/s1. The van der Waals surface area contributed by atoms with Gasteiger partial charge in [-0.2, -0.15) is 0 Å². The number of fused-ring (bicyclic) bond motifs is 5. The first-order valence-corrected chi connectivity index (χ1v) is 7.88. The Labute approximate surface area is 133 Å². The topological polar surface area (TPSA) is 63.7 Å². The van der Waals surface area contributed by atoms with Gasteiger partial charge < -0.3 is 4.74 Å². The first-order chi connectivity index (χ1) is 11.1. The molecule has 0 unspecified atom stereocenters. The van der Waals surface area contributed by atoms with Gasteiger partial charge in [0.25, 0.3) is 0 Å². The van der Waals surface area contributed by atoms with Gasteiger partial charge in [-0.05, 0) is 17.2 Å². The molecule has 1 amide bonds. The summed E-state index contributed by atoms with van der Waals surface area (Å²) in [6, 6.07) is 8.99. The third-order valence-corrected chi connectivity index (χ3v) is 4.99. The number of carbonyl (C=O) groups is 3. The highest BCUT2D eigenvalue weighted by atomic mass is 16.6. The number of nitrogens with zero attached hydrogens (tertiary/aromatic N) is 1. The Kier molecular flexibility index (Phi) is 3.29. The summed E-state index contributed by atoms with van der Waals surface area (Å²) in [5, 5.41) is 0. The molecule has 2 aliphatic heterocycles. The minimum absolute atomic E-state index is 0.00299. The maximum Gasteiger partial charge on any atom is 0.410 e. The van der Waals surface area contributed by atoms with E-state index in [1.807, 2.05) is 30.3 Å². The number of hydrogen-bond donors (Lipinski definition) is 0. The highest BCUT2D eigenvalue weighted by molar-refractivity contribution is 5.96. The Bertz CT molecular complexity index is 709. The predicted octanol–water partition coefficient (Wildman–Crippen LogP) is 2.25. The summed E-state index contributed by atoms with van der Waals surface area (Å²) in [6.45, 7) is 0.214. The van der Waals surface area contributed by atoms with Gasteiger partial charge in [-0.25, -0.2) is 4.79 Å². The summed E-state index contributed by atoms with van der Waals surface area (Å²) in [7, 11) is 0. The quantitative estimate of drug-likeness (QED) is 0.840. The minimum atomic E-state index is -0.390. The average molecular weight is 311 g/mol. The number of ether oxygens (including phenoxy) is 1. The van der Waals surface area contributed by atoms with Crippen LogP contribution in [0.1, 0.15) is 24.8 Å². The molecule has 2 bridgehead atoms. The smallest absolute Gasteiger partial charge is 0.410 e. The molecule has 4 rings (SSSR count). The van der Waals surface area contributed by atoms with Crippen molar-refractivity contribution in [2.75, 3.05) is 0 Å². The van der Waals surface area contributed by atoms with Crippen LogP contribution in [0.4, 0.5) is 4.79 Å². The number of piperidine rings is 1. The monoisotopic (exact) mass is 311 g/mol. The first kappa shape index (κ1) is 14.2. The van der Waals surface area contributed by atoms with Gasteiger partial charge in [0.1, 0.15) is 12.4 Å². The van der Waals surface area contributed by atoms with Crippen molar-refractivity contribution in [3.05, 3.63) is 47.5 Å². The van der Waals surface area contributed by atoms with Crippen LogP contribution in [0.25, 0.3) is 0 Å². The molecular weight excluding hydrogens is 294 g/mol. The van der Waals surface area contributed by atoms with Crippen LogP contribution in [-0.4, -0.2) is 34.6 Å². The van der Waals surface area contributed by atoms with Crippen LogP contribution in [0.3, 0.4) is 0 Å². The van der Waals surface area contributed by atoms with Crippen LogP contribution in [0.15, 0.2) is 42.0 Å². The Hall–Kier alpha value is -2.43. The lowest BCUT2D eigenvalue weighted by atomic mass is 9.95. The van der Waals surface area contributed by atoms with Gasteiger partial charge in [-0.15, -0.1) is 0 Å². The Morgan fingerprint density at radius 2 is 1.91 bits per heavy atom. The van der Waals surface area contributed by atoms with Crippen LogP contribution < -0.4 is 0 Å². The van der Waals surface area contributed by atoms with Gasteiger partial charge in [0.2, 0.25) is 0 Å². The first-order valence-electron chi connectivity index (χ1n) is 7.88. The molecule has 2 heterocycles. The molecule has 1 aromatic rings. The van der Waals surface area contributed by atoms with Crippen molar-refractivity contribution in [3.8, 4) is 0 Å². The van der Waals surface area contributed by atoms with E-state index < -0.39 is 0 Å². The van der Waals surface area contributed by atoms with Crippen LogP contribution in [0, 0.1) is 5.92 Å². The summed E-state index contributed by atoms with van der Waals surface area (Å²) >= 11 is 0. The third kappa shape index (κ3) is 2.36. The van der Waals surface area contributed by atoms with Gasteiger partial charge in [0.15, 0.2) is 5.78 Å². The van der Waals surface area contributed by atoms with E-state index in [0.717, 1.165) is 11.1 Å². The summed E-state index contributed by atoms with van der Waals surface area (Å²) in [6.07, 6.45) is 2.27. The molecule has 2 saturated heterocycles. The third-order valence-electron chi connectivity index (χ3n) is 4.99. The van der Waals surface area contributed by atoms with Crippen LogP contribution in [-0.2, 0) is 20.9 Å². The van der Waals surface area contributed by atoms with Gasteiger partial charge in [-0.3, -0.25) is 14.5 Å². The molecular formula is C18H17NO4. The molecule has 0 spiro atoms. The number of Topliss-reactive ketones (excluding diaryl/α,β-unsaturated/α-hetero) is 1. The second kappa shape index (κ2) is 5.33. The molecule has 5 heteroatoms. The molecule has 118 valence electrons. The highest BCUT2D eigenvalue weighted by Crippen LogP contribution is 2.47. The fourth-order valence-electron chi connectivity index (χ4n) is 4.02. The Morgan fingerprint density at radius 3 is 2.70 bits per heavy atom. The second-order valence-corrected chi connectivity index (χ2v) is 6.40. The van der Waals surface area contributed by atoms with Crippen molar-refractivity contribution in [2.45, 2.75) is 38.0 Å². The van der Waals surface area contributed by atoms with Crippen molar-refractivity contribution >= 4 is 17.7 Å². The van der Waals surface area contributed by atoms with Gasteiger partial charge in [-0.1, -0.05) is 30.3 Å². The zero-order valence-electron chi connectivity index (χ0n) is 12.6. The zero-order valence-corrected chi connectivity index (χ0v) is 12.6. The van der Waals surface area contributed by atoms with Gasteiger partial charge >= 0.3 is 6.09 Å². The summed E-state index contributed by atoms with van der Waals surface area (Å²) in [5.41, 5.74) is 1.87. The maximum atomic E-state index is 12.5. The van der Waals surface area contributed by atoms with Crippen LogP contribution in [0.5, 0.6) is 0 Å². The number of amides is 1. The largest absolute Gasteiger partial charge is 0.445 e. The molecule has 3 atom stereocenters. The molecule has 23 heavy (non-hydrogen) atoms. The van der Waals surface area contributed by atoms with Crippen LogP contribution in [0.2, 0.25) is 0 Å². The fourth-order valence-corrected chi connectivity index (χ4v) is 4.02. The van der Waals surface area contributed by atoms with E-state index in [4.69, 9.17) is 4.74 Å². The highest BCUT2D eigenvalue weighted by Gasteiger charge is 2.54. The number of rotatable bonds is 2. The molecule has 0 saturated carbocycles. The summed E-state index contributed by atoms with van der Waals surface area (Å²) in [4.78, 5) is 37.8. The summed E-state index contributed by atoms with van der Waals surface area (Å²) < 4.78 is 5.44. The van der Waals surface area contributed by atoms with Crippen molar-refractivity contribution < 1.29 is 19.1 Å². The van der Waals surface area contributed by atoms with E-state index in [1.165, 1.54) is 0 Å². The minimum Gasteiger partial charge on any atom is -0.445 e. The normalized spacial score (nSPS) is 28.6. The van der Waals surface area contributed by atoms with E-state index in [1.54, 1.807) is 11.0 Å². The lowest BCUT2D eigenvalue weighted by Gasteiger charge is -2.34. The van der Waals surface area contributed by atoms with E-state index in [-0.39, 0.29) is 42.3 Å². The number of ketones is 2. The zero-order chi connectivity index (χ0) is 16.0. The molecule has 2 fully saturated rings. The van der Waals surface area contributed by atoms with E-state index in [0.29, 0.717) is 19.3 Å². The molecule has 5 nitrogen and oxygen atoms in total. The number of carbonyl (C=O) groups excluding carboxylic acids is 3. The molecule has 0 aromatic heterocycles. The molecule has 3 aliphatic rings. The lowest BCUT2D eigenvalue weighted by Crippen LogP contribution is -2.48. The predicted molar refractivity (Wildman–Crippen MR) is 81.5 cm³/mol. The van der Waals surface area contributed by atoms with E-state index in [9.17, 15) is 14.4 Å². The van der Waals surface area contributed by atoms with Gasteiger partial charge in [0.05, 0.1) is 6.04 Å². The lowest BCUT2D eigenvalue weighted by molar-refractivity contribution is -0.124. The Morgan fingerprint density at radius 1 is 1.13 bits per heavy atom. The average Bonchev–Trinajstić information content (AvgIpc) is 3.01. The van der Waals surface area contributed by atoms with Crippen molar-refractivity contribution in [2.24, 2.45) is 5.92 Å². The Balaban J connectivity index is 1.52. The summed E-state index contributed by atoms with van der Waals surface area (Å²) in [5.74, 6) is 0.268. The SMILES string of the molecule is O=C1C=C2[C@@H](C1)[C@@H]1CC(=O)C[C@H]2N1C(=O)OCc1ccccc1. The number of benzene rings is 1. The molecule has 1 aromatic carbocycles. The fraction of sp³-hybridized carbons (Fsp3) is 0.389.